The van der Waals surface area contributed by atoms with E-state index in [1.807, 2.05) is 0 Å². The van der Waals surface area contributed by atoms with E-state index in [-0.39, 0.29) is 41.9 Å². The van der Waals surface area contributed by atoms with Gasteiger partial charge >= 0.3 is 6.18 Å². The van der Waals surface area contributed by atoms with Crippen molar-refractivity contribution in [2.45, 2.75) is 25.4 Å². The van der Waals surface area contributed by atoms with Gasteiger partial charge in [0.15, 0.2) is 0 Å². The molecule has 0 unspecified atom stereocenters. The number of methoxy groups -OCH3 is 1. The Balaban J connectivity index is 2.09. The van der Waals surface area contributed by atoms with E-state index in [1.165, 1.54) is 24.1 Å². The summed E-state index contributed by atoms with van der Waals surface area (Å²) >= 11 is 0. The fourth-order valence-corrected chi connectivity index (χ4v) is 3.32. The first kappa shape index (κ1) is 23.5. The van der Waals surface area contributed by atoms with E-state index in [1.54, 1.807) is 6.92 Å². The number of rotatable bonds is 8. The monoisotopic (exact) mass is 465 g/mol. The molecule has 1 aliphatic rings. The lowest BCUT2D eigenvalue weighted by Crippen LogP contribution is -2.26. The van der Waals surface area contributed by atoms with Gasteiger partial charge < -0.3 is 25.0 Å². The lowest BCUT2D eigenvalue weighted by atomic mass is 10.2. The fourth-order valence-electron chi connectivity index (χ4n) is 3.32. The first-order valence-corrected chi connectivity index (χ1v) is 9.57. The Hall–Kier alpha value is -3.12. The highest BCUT2D eigenvalue weighted by atomic mass is 19.4. The number of nitrogens with one attached hydrogen (secondary N) is 2. The largest absolute Gasteiger partial charge is 0.494 e. The first-order chi connectivity index (χ1) is 15.1. The summed E-state index contributed by atoms with van der Waals surface area (Å²) in [5, 5.41) is 5.21. The summed E-state index contributed by atoms with van der Waals surface area (Å²) in [7, 11) is 1.32. The van der Waals surface area contributed by atoms with Crippen molar-refractivity contribution < 1.29 is 35.8 Å². The second-order valence-electron chi connectivity index (χ2n) is 6.88. The molecule has 0 atom stereocenters. The fraction of sp³-hybridized carbons (Fsp3) is 0.474. The molecule has 0 radical (unpaired) electrons. The van der Waals surface area contributed by atoms with Gasteiger partial charge in [-0.2, -0.15) is 18.2 Å². The molecule has 32 heavy (non-hydrogen) atoms. The smallest absolute Gasteiger partial charge is 0.421 e. The second kappa shape index (κ2) is 9.17. The van der Waals surface area contributed by atoms with Crippen LogP contribution in [0.2, 0.25) is 0 Å². The number of hydrogen-bond donors (Lipinski definition) is 2. The summed E-state index contributed by atoms with van der Waals surface area (Å²) in [6.45, 7) is -0.145. The van der Waals surface area contributed by atoms with Gasteiger partial charge in [-0.1, -0.05) is 0 Å². The van der Waals surface area contributed by atoms with E-state index in [9.17, 15) is 26.3 Å². The third-order valence-electron chi connectivity index (χ3n) is 4.69. The van der Waals surface area contributed by atoms with Crippen LogP contribution in [-0.4, -0.2) is 49.5 Å². The van der Waals surface area contributed by atoms with E-state index in [0.717, 1.165) is 0 Å². The zero-order chi connectivity index (χ0) is 23.5. The average molecular weight is 465 g/mol. The maximum atomic E-state index is 13.9. The maximum absolute atomic E-state index is 13.9. The summed E-state index contributed by atoms with van der Waals surface area (Å²) in [5.41, 5.74) is -0.957. The highest BCUT2D eigenvalue weighted by molar-refractivity contribution is 5.85. The van der Waals surface area contributed by atoms with E-state index in [0.29, 0.717) is 6.20 Å². The van der Waals surface area contributed by atoms with Gasteiger partial charge in [-0.25, -0.2) is 18.2 Å². The van der Waals surface area contributed by atoms with Gasteiger partial charge in [0.1, 0.15) is 34.3 Å². The summed E-state index contributed by atoms with van der Waals surface area (Å²) in [4.78, 5) is 8.89. The minimum atomic E-state index is -4.69. The third kappa shape index (κ3) is 5.02. The van der Waals surface area contributed by atoms with Gasteiger partial charge in [0.25, 0.3) is 5.92 Å². The van der Waals surface area contributed by atoms with Crippen LogP contribution in [-0.2, 0) is 6.18 Å². The Bertz CT molecular complexity index is 957. The predicted octanol–water partition coefficient (Wildman–Crippen LogP) is 4.83. The highest BCUT2D eigenvalue weighted by Crippen LogP contribution is 2.46. The average Bonchev–Trinajstić information content (AvgIpc) is 3.08. The molecule has 7 nitrogen and oxygen atoms in total. The molecule has 2 aromatic rings. The SMILES string of the molecule is CCNc1nc(Nc2c(OCF)ccc(OC)c2N2CCC(F)(F)C2)ncc1C(F)(F)F. The Morgan fingerprint density at radius 2 is 1.94 bits per heavy atom. The molecule has 2 N–H and O–H groups in total. The number of anilines is 4. The van der Waals surface area contributed by atoms with Gasteiger partial charge in [0, 0.05) is 25.7 Å². The lowest BCUT2D eigenvalue weighted by molar-refractivity contribution is -0.137. The van der Waals surface area contributed by atoms with E-state index in [2.05, 4.69) is 20.6 Å². The zero-order valence-corrected chi connectivity index (χ0v) is 17.2. The number of ether oxygens (including phenoxy) is 2. The van der Waals surface area contributed by atoms with E-state index in [4.69, 9.17) is 9.47 Å². The van der Waals surface area contributed by atoms with Crippen LogP contribution in [0.25, 0.3) is 0 Å². The van der Waals surface area contributed by atoms with E-state index >= 15 is 0 Å². The lowest BCUT2D eigenvalue weighted by Gasteiger charge is -2.26. The van der Waals surface area contributed by atoms with Gasteiger partial charge in [-0.05, 0) is 19.1 Å². The molecule has 0 bridgehead atoms. The van der Waals surface area contributed by atoms with Gasteiger partial charge in [-0.3, -0.25) is 0 Å². The summed E-state index contributed by atoms with van der Waals surface area (Å²) in [5.74, 6) is -3.61. The van der Waals surface area contributed by atoms with Gasteiger partial charge in [-0.15, -0.1) is 0 Å². The molecule has 2 heterocycles. The molecule has 1 aromatic carbocycles. The molecule has 1 saturated heterocycles. The number of aromatic nitrogens is 2. The number of benzene rings is 1. The second-order valence-corrected chi connectivity index (χ2v) is 6.88. The van der Waals surface area contributed by atoms with Gasteiger partial charge in [0.2, 0.25) is 12.8 Å². The molecular weight excluding hydrogens is 444 g/mol. The first-order valence-electron chi connectivity index (χ1n) is 9.57. The molecule has 0 saturated carbocycles. The molecule has 0 spiro atoms. The number of halogens is 6. The van der Waals surface area contributed by atoms with Crippen LogP contribution >= 0.6 is 0 Å². The highest BCUT2D eigenvalue weighted by Gasteiger charge is 2.40. The number of alkyl halides is 6. The molecule has 0 amide bonds. The van der Waals surface area contributed by atoms with Crippen molar-refractivity contribution in [1.82, 2.24) is 9.97 Å². The molecule has 13 heteroatoms. The van der Waals surface area contributed by atoms with Crippen molar-refractivity contribution in [2.24, 2.45) is 0 Å². The van der Waals surface area contributed by atoms with Crippen LogP contribution < -0.4 is 25.0 Å². The molecule has 176 valence electrons. The summed E-state index contributed by atoms with van der Waals surface area (Å²) in [6.07, 6.45) is -4.52. The van der Waals surface area contributed by atoms with Crippen LogP contribution in [0.1, 0.15) is 18.9 Å². The van der Waals surface area contributed by atoms with Crippen LogP contribution in [0, 0.1) is 0 Å². The van der Waals surface area contributed by atoms with E-state index < -0.39 is 43.3 Å². The van der Waals surface area contributed by atoms with Crippen LogP contribution in [0.4, 0.5) is 49.5 Å². The number of nitrogens with zero attached hydrogens (tertiary/aromatic N) is 3. The standard InChI is InChI=1S/C19H21F6N5O2/c1-3-26-16-11(19(23,24)25)8-27-17(29-16)28-14-12(32-10-20)4-5-13(31-2)15(14)30-7-6-18(21,22)9-30/h4-5,8H,3,6-7,9-10H2,1-2H3,(H2,26,27,28,29). The zero-order valence-electron chi connectivity index (χ0n) is 17.2. The predicted molar refractivity (Wildman–Crippen MR) is 106 cm³/mol. The van der Waals surface area contributed by atoms with Crippen molar-refractivity contribution in [3.8, 4) is 11.5 Å². The van der Waals surface area contributed by atoms with Crippen molar-refractivity contribution in [3.63, 3.8) is 0 Å². The number of hydrogen-bond acceptors (Lipinski definition) is 7. The van der Waals surface area contributed by atoms with Crippen LogP contribution in [0.15, 0.2) is 18.3 Å². The molecular formula is C19H21F6N5O2. The molecule has 1 aliphatic heterocycles. The Kier molecular flexibility index (Phi) is 6.74. The van der Waals surface area contributed by atoms with Crippen LogP contribution in [0.3, 0.4) is 0 Å². The van der Waals surface area contributed by atoms with Gasteiger partial charge in [0.05, 0.1) is 13.7 Å². The molecule has 3 rings (SSSR count). The third-order valence-corrected chi connectivity index (χ3v) is 4.69. The van der Waals surface area contributed by atoms with Crippen molar-refractivity contribution in [1.29, 1.82) is 0 Å². The van der Waals surface area contributed by atoms with Crippen molar-refractivity contribution in [2.75, 3.05) is 49.1 Å². The molecule has 0 aliphatic carbocycles. The van der Waals surface area contributed by atoms with Crippen molar-refractivity contribution in [3.05, 3.63) is 23.9 Å². The summed E-state index contributed by atoms with van der Waals surface area (Å²) < 4.78 is 90.7. The van der Waals surface area contributed by atoms with Crippen LogP contribution in [0.5, 0.6) is 11.5 Å². The minimum absolute atomic E-state index is 0.0121. The Morgan fingerprint density at radius 3 is 2.50 bits per heavy atom. The summed E-state index contributed by atoms with van der Waals surface area (Å²) in [6, 6.07) is 2.76. The minimum Gasteiger partial charge on any atom is -0.494 e. The molecule has 1 fully saturated rings. The normalized spacial score (nSPS) is 15.6. The Morgan fingerprint density at radius 1 is 1.22 bits per heavy atom. The quantitative estimate of drug-likeness (QED) is 0.541. The topological polar surface area (TPSA) is 71.5 Å². The maximum Gasteiger partial charge on any atom is 0.421 e. The Labute approximate surface area is 179 Å². The van der Waals surface area contributed by atoms with Crippen molar-refractivity contribution >= 4 is 23.1 Å². The molecule has 1 aromatic heterocycles.